The maximum Gasteiger partial charge on any atom is 0.136 e. The third-order valence-electron chi connectivity index (χ3n) is 3.24. The van der Waals surface area contributed by atoms with Crippen molar-refractivity contribution in [3.63, 3.8) is 0 Å². The van der Waals surface area contributed by atoms with Gasteiger partial charge in [0.2, 0.25) is 0 Å². The molecule has 0 N–H and O–H groups in total. The van der Waals surface area contributed by atoms with Crippen LogP contribution in [0.4, 0.5) is 0 Å². The quantitative estimate of drug-likeness (QED) is 0.696. The van der Waals surface area contributed by atoms with Crippen molar-refractivity contribution in [2.75, 3.05) is 0 Å². The van der Waals surface area contributed by atoms with Crippen LogP contribution in [0.25, 0.3) is 0 Å². The van der Waals surface area contributed by atoms with Crippen LogP contribution in [-0.2, 0) is 4.79 Å². The molecule has 1 saturated carbocycles. The zero-order valence-electron chi connectivity index (χ0n) is 8.57. The molecule has 0 aromatic heterocycles. The number of hydrogen-bond acceptors (Lipinski definition) is 1. The fourth-order valence-corrected chi connectivity index (χ4v) is 2.34. The van der Waals surface area contributed by atoms with E-state index in [0.717, 1.165) is 19.3 Å². The van der Waals surface area contributed by atoms with E-state index >= 15 is 0 Å². The van der Waals surface area contributed by atoms with Gasteiger partial charge in [-0.1, -0.05) is 37.3 Å². The van der Waals surface area contributed by atoms with Crippen LogP contribution < -0.4 is 0 Å². The molecule has 2 atom stereocenters. The summed E-state index contributed by atoms with van der Waals surface area (Å²) >= 11 is 0. The second-order valence-corrected chi connectivity index (χ2v) is 4.12. The summed E-state index contributed by atoms with van der Waals surface area (Å²) in [5.41, 5.74) is 1.33. The van der Waals surface area contributed by atoms with Crippen molar-refractivity contribution >= 4 is 5.78 Å². The van der Waals surface area contributed by atoms with Gasteiger partial charge in [-0.05, 0) is 24.3 Å². The van der Waals surface area contributed by atoms with Crippen LogP contribution >= 0.6 is 0 Å². The van der Waals surface area contributed by atoms with Gasteiger partial charge in [0.25, 0.3) is 0 Å². The summed E-state index contributed by atoms with van der Waals surface area (Å²) < 4.78 is 0. The van der Waals surface area contributed by atoms with Crippen LogP contribution in [-0.4, -0.2) is 5.78 Å². The summed E-state index contributed by atoms with van der Waals surface area (Å²) in [5.74, 6) is 1.26. The SMILES string of the molecule is CCC1C[C@H](c2ccccc2)CC1=O. The van der Waals surface area contributed by atoms with Crippen LogP contribution in [0, 0.1) is 5.92 Å². The normalized spacial score (nSPS) is 26.8. The minimum absolute atomic E-state index is 0.320. The standard InChI is InChI=1S/C13H16O/c1-2-10-8-12(9-13(10)14)11-6-4-3-5-7-11/h3-7,10,12H,2,8-9H2,1H3/t10?,12-/m0/s1. The van der Waals surface area contributed by atoms with Gasteiger partial charge in [0, 0.05) is 12.3 Å². The van der Waals surface area contributed by atoms with E-state index in [2.05, 4.69) is 31.2 Å². The van der Waals surface area contributed by atoms with Gasteiger partial charge in [0.15, 0.2) is 0 Å². The first-order valence-corrected chi connectivity index (χ1v) is 5.39. The van der Waals surface area contributed by atoms with E-state index in [-0.39, 0.29) is 0 Å². The monoisotopic (exact) mass is 188 g/mol. The Morgan fingerprint density at radius 2 is 2.00 bits per heavy atom. The highest BCUT2D eigenvalue weighted by atomic mass is 16.1. The maximum absolute atomic E-state index is 11.6. The molecule has 2 rings (SSSR count). The first-order valence-electron chi connectivity index (χ1n) is 5.39. The molecule has 0 spiro atoms. The van der Waals surface area contributed by atoms with E-state index in [1.54, 1.807) is 0 Å². The van der Waals surface area contributed by atoms with E-state index in [9.17, 15) is 4.79 Å². The minimum Gasteiger partial charge on any atom is -0.299 e. The van der Waals surface area contributed by atoms with Gasteiger partial charge < -0.3 is 0 Å². The van der Waals surface area contributed by atoms with Gasteiger partial charge in [-0.15, -0.1) is 0 Å². The van der Waals surface area contributed by atoms with Crippen molar-refractivity contribution in [2.24, 2.45) is 5.92 Å². The molecule has 0 heterocycles. The fraction of sp³-hybridized carbons (Fsp3) is 0.462. The van der Waals surface area contributed by atoms with E-state index in [0.29, 0.717) is 17.6 Å². The smallest absolute Gasteiger partial charge is 0.136 e. The molecule has 74 valence electrons. The number of hydrogen-bond donors (Lipinski definition) is 0. The van der Waals surface area contributed by atoms with Gasteiger partial charge in [-0.2, -0.15) is 0 Å². The average Bonchev–Trinajstić information content (AvgIpc) is 2.61. The lowest BCUT2D eigenvalue weighted by Crippen LogP contribution is -2.03. The molecule has 0 radical (unpaired) electrons. The average molecular weight is 188 g/mol. The van der Waals surface area contributed by atoms with E-state index in [1.807, 2.05) is 6.07 Å². The number of carbonyl (C=O) groups excluding carboxylic acids is 1. The Morgan fingerprint density at radius 3 is 2.57 bits per heavy atom. The topological polar surface area (TPSA) is 17.1 Å². The van der Waals surface area contributed by atoms with Crippen molar-refractivity contribution in [1.82, 2.24) is 0 Å². The molecule has 1 aromatic carbocycles. The van der Waals surface area contributed by atoms with Gasteiger partial charge in [-0.25, -0.2) is 0 Å². The molecule has 1 aromatic rings. The van der Waals surface area contributed by atoms with Crippen LogP contribution in [0.5, 0.6) is 0 Å². The summed E-state index contributed by atoms with van der Waals surface area (Å²) in [6.07, 6.45) is 2.81. The van der Waals surface area contributed by atoms with Gasteiger partial charge in [0.1, 0.15) is 5.78 Å². The summed E-state index contributed by atoms with van der Waals surface area (Å²) in [6, 6.07) is 10.4. The number of rotatable bonds is 2. The summed E-state index contributed by atoms with van der Waals surface area (Å²) in [4.78, 5) is 11.6. The summed E-state index contributed by atoms with van der Waals surface area (Å²) in [7, 11) is 0. The van der Waals surface area contributed by atoms with Crippen molar-refractivity contribution in [3.8, 4) is 0 Å². The van der Waals surface area contributed by atoms with Crippen LogP contribution in [0.2, 0.25) is 0 Å². The lowest BCUT2D eigenvalue weighted by molar-refractivity contribution is -0.120. The second-order valence-electron chi connectivity index (χ2n) is 4.12. The Bertz CT molecular complexity index is 315. The van der Waals surface area contributed by atoms with Gasteiger partial charge in [0.05, 0.1) is 0 Å². The minimum atomic E-state index is 0.320. The molecule has 1 nitrogen and oxygen atoms in total. The van der Waals surface area contributed by atoms with E-state index < -0.39 is 0 Å². The molecule has 1 fully saturated rings. The highest BCUT2D eigenvalue weighted by molar-refractivity contribution is 5.84. The lowest BCUT2D eigenvalue weighted by atomic mass is 9.96. The Labute approximate surface area is 85.1 Å². The number of benzene rings is 1. The molecule has 0 amide bonds. The first-order chi connectivity index (χ1) is 6.81. The largest absolute Gasteiger partial charge is 0.299 e. The second kappa shape index (κ2) is 3.95. The fourth-order valence-electron chi connectivity index (χ4n) is 2.34. The Morgan fingerprint density at radius 1 is 1.29 bits per heavy atom. The third-order valence-corrected chi connectivity index (χ3v) is 3.24. The van der Waals surface area contributed by atoms with Crippen LogP contribution in [0.15, 0.2) is 30.3 Å². The lowest BCUT2D eigenvalue weighted by Gasteiger charge is -2.08. The Hall–Kier alpha value is -1.11. The zero-order valence-corrected chi connectivity index (χ0v) is 8.57. The third kappa shape index (κ3) is 1.72. The molecule has 1 aliphatic rings. The maximum atomic E-state index is 11.6. The highest BCUT2D eigenvalue weighted by Gasteiger charge is 2.31. The predicted molar refractivity (Wildman–Crippen MR) is 57.2 cm³/mol. The van der Waals surface area contributed by atoms with E-state index in [4.69, 9.17) is 0 Å². The molecule has 1 heteroatoms. The van der Waals surface area contributed by atoms with Crippen molar-refractivity contribution in [2.45, 2.75) is 32.1 Å². The van der Waals surface area contributed by atoms with Crippen LogP contribution in [0.1, 0.15) is 37.7 Å². The number of ketones is 1. The Balaban J connectivity index is 2.13. The molecule has 1 unspecified atom stereocenters. The van der Waals surface area contributed by atoms with Crippen LogP contribution in [0.3, 0.4) is 0 Å². The highest BCUT2D eigenvalue weighted by Crippen LogP contribution is 2.36. The predicted octanol–water partition coefficient (Wildman–Crippen LogP) is 3.16. The molecule has 0 aliphatic heterocycles. The summed E-state index contributed by atoms with van der Waals surface area (Å²) in [6.45, 7) is 2.11. The van der Waals surface area contributed by atoms with Crippen molar-refractivity contribution in [3.05, 3.63) is 35.9 Å². The van der Waals surface area contributed by atoms with E-state index in [1.165, 1.54) is 5.56 Å². The number of Topliss-reactive ketones (excluding diaryl/α,β-unsaturated/α-hetero) is 1. The molecular formula is C13H16O. The van der Waals surface area contributed by atoms with Gasteiger partial charge >= 0.3 is 0 Å². The number of carbonyl (C=O) groups is 1. The molecule has 0 bridgehead atoms. The summed E-state index contributed by atoms with van der Waals surface area (Å²) in [5, 5.41) is 0. The van der Waals surface area contributed by atoms with Gasteiger partial charge in [-0.3, -0.25) is 4.79 Å². The molecule has 14 heavy (non-hydrogen) atoms. The molecule has 0 saturated heterocycles. The first kappa shape index (κ1) is 9.45. The van der Waals surface area contributed by atoms with Crippen molar-refractivity contribution in [1.29, 1.82) is 0 Å². The molecule has 1 aliphatic carbocycles. The Kier molecular flexibility index (Phi) is 2.67. The zero-order chi connectivity index (χ0) is 9.97. The molecular weight excluding hydrogens is 172 g/mol. The van der Waals surface area contributed by atoms with Crippen molar-refractivity contribution < 1.29 is 4.79 Å².